The van der Waals surface area contributed by atoms with Crippen molar-refractivity contribution in [2.45, 2.75) is 6.61 Å². The molecule has 0 aromatic carbocycles. The fraction of sp³-hybridized carbons (Fsp3) is 0.200. The third kappa shape index (κ3) is 1.62. The van der Waals surface area contributed by atoms with E-state index in [9.17, 15) is 4.79 Å². The van der Waals surface area contributed by atoms with Gasteiger partial charge in [0.15, 0.2) is 0 Å². The van der Waals surface area contributed by atoms with Crippen LogP contribution in [0, 0.1) is 0 Å². The summed E-state index contributed by atoms with van der Waals surface area (Å²) >= 11 is 1.34. The lowest BCUT2D eigenvalue weighted by atomic mass is 10.1. The van der Waals surface area contributed by atoms with Gasteiger partial charge in [0.05, 0.1) is 16.9 Å². The van der Waals surface area contributed by atoms with Gasteiger partial charge in [-0.2, -0.15) is 0 Å². The predicted molar refractivity (Wildman–Crippen MR) is 61.7 cm³/mol. The highest BCUT2D eigenvalue weighted by Gasteiger charge is 2.16. The van der Waals surface area contributed by atoms with Gasteiger partial charge in [0.1, 0.15) is 5.82 Å². The second kappa shape index (κ2) is 4.07. The van der Waals surface area contributed by atoms with E-state index in [1.807, 2.05) is 5.38 Å². The lowest BCUT2D eigenvalue weighted by Crippen LogP contribution is -2.01. The fourth-order valence-electron chi connectivity index (χ4n) is 1.54. The number of carboxylic acid groups (broad SMARTS) is 1. The first-order chi connectivity index (χ1) is 7.65. The molecule has 16 heavy (non-hydrogen) atoms. The maximum atomic E-state index is 11.0. The average molecular weight is 238 g/mol. The number of nitrogens with two attached hydrogens (primary N) is 1. The maximum absolute atomic E-state index is 11.0. The van der Waals surface area contributed by atoms with Gasteiger partial charge in [-0.1, -0.05) is 0 Å². The minimum Gasteiger partial charge on any atom is -0.478 e. The number of hydrogen-bond donors (Lipinski definition) is 2. The van der Waals surface area contributed by atoms with E-state index in [0.717, 1.165) is 5.56 Å². The highest BCUT2D eigenvalue weighted by Crippen LogP contribution is 2.32. The number of aromatic carboxylic acids is 1. The molecule has 0 radical (unpaired) electrons. The van der Waals surface area contributed by atoms with E-state index in [1.54, 1.807) is 7.11 Å². The van der Waals surface area contributed by atoms with Gasteiger partial charge < -0.3 is 15.6 Å². The Balaban J connectivity index is 2.73. The van der Waals surface area contributed by atoms with Crippen molar-refractivity contribution in [3.05, 3.63) is 22.7 Å². The number of fused-ring (bicyclic) bond motifs is 1. The molecule has 2 heterocycles. The zero-order valence-electron chi connectivity index (χ0n) is 8.56. The monoisotopic (exact) mass is 238 g/mol. The molecule has 0 saturated heterocycles. The number of thiophene rings is 1. The first-order valence-electron chi connectivity index (χ1n) is 4.52. The number of rotatable bonds is 3. The van der Waals surface area contributed by atoms with E-state index < -0.39 is 5.97 Å². The summed E-state index contributed by atoms with van der Waals surface area (Å²) in [5.74, 6) is -0.656. The fourth-order valence-corrected chi connectivity index (χ4v) is 2.61. The van der Waals surface area contributed by atoms with Crippen LogP contribution in [0.25, 0.3) is 10.1 Å². The molecular formula is C10H10N2O3S. The topological polar surface area (TPSA) is 85.4 Å². The van der Waals surface area contributed by atoms with Crippen LogP contribution in [-0.2, 0) is 11.3 Å². The Kier molecular flexibility index (Phi) is 2.76. The Morgan fingerprint density at radius 3 is 3.06 bits per heavy atom. The number of anilines is 1. The predicted octanol–water partition coefficient (Wildman–Crippen LogP) is 1.72. The second-order valence-electron chi connectivity index (χ2n) is 3.26. The number of carbonyl (C=O) groups is 1. The number of pyridine rings is 1. The summed E-state index contributed by atoms with van der Waals surface area (Å²) in [6, 6.07) is 0. The van der Waals surface area contributed by atoms with Crippen LogP contribution in [-0.4, -0.2) is 23.2 Å². The van der Waals surface area contributed by atoms with Crippen molar-refractivity contribution in [2.24, 2.45) is 0 Å². The van der Waals surface area contributed by atoms with Crippen LogP contribution in [0.2, 0.25) is 0 Å². The summed E-state index contributed by atoms with van der Waals surface area (Å²) in [5.41, 5.74) is 6.80. The number of hydrogen-bond acceptors (Lipinski definition) is 5. The first-order valence-corrected chi connectivity index (χ1v) is 5.40. The van der Waals surface area contributed by atoms with Crippen molar-refractivity contribution in [3.8, 4) is 0 Å². The summed E-state index contributed by atoms with van der Waals surface area (Å²) in [4.78, 5) is 14.9. The Labute approximate surface area is 95.5 Å². The molecule has 0 spiro atoms. The van der Waals surface area contributed by atoms with E-state index in [4.69, 9.17) is 15.6 Å². The van der Waals surface area contributed by atoms with Gasteiger partial charge in [0.25, 0.3) is 0 Å². The molecule has 0 bridgehead atoms. The zero-order valence-corrected chi connectivity index (χ0v) is 9.37. The highest BCUT2D eigenvalue weighted by molar-refractivity contribution is 7.17. The molecule has 0 aliphatic carbocycles. The van der Waals surface area contributed by atoms with E-state index in [2.05, 4.69) is 4.98 Å². The Hall–Kier alpha value is -1.66. The minimum absolute atomic E-state index is 0.177. The number of ether oxygens (including phenoxy) is 1. The summed E-state index contributed by atoms with van der Waals surface area (Å²) in [7, 11) is 1.58. The molecule has 6 heteroatoms. The molecule has 2 rings (SSSR count). The normalized spacial score (nSPS) is 10.8. The second-order valence-corrected chi connectivity index (χ2v) is 4.14. The maximum Gasteiger partial charge on any atom is 0.338 e. The number of aromatic nitrogens is 1. The molecular weight excluding hydrogens is 228 g/mol. The zero-order chi connectivity index (χ0) is 11.7. The molecule has 0 saturated carbocycles. The number of nitrogens with zero attached hydrogens (tertiary/aromatic N) is 1. The van der Waals surface area contributed by atoms with Gasteiger partial charge in [-0.25, -0.2) is 9.78 Å². The van der Waals surface area contributed by atoms with Crippen molar-refractivity contribution in [1.82, 2.24) is 4.98 Å². The summed E-state index contributed by atoms with van der Waals surface area (Å²) < 4.78 is 5.67. The number of carboxylic acids is 1. The van der Waals surface area contributed by atoms with Gasteiger partial charge in [0, 0.05) is 18.7 Å². The van der Waals surface area contributed by atoms with Gasteiger partial charge in [-0.3, -0.25) is 0 Å². The van der Waals surface area contributed by atoms with E-state index in [-0.39, 0.29) is 5.56 Å². The largest absolute Gasteiger partial charge is 0.478 e. The van der Waals surface area contributed by atoms with Crippen molar-refractivity contribution >= 4 is 33.2 Å². The van der Waals surface area contributed by atoms with E-state index in [1.165, 1.54) is 17.5 Å². The van der Waals surface area contributed by atoms with Crippen LogP contribution in [0.3, 0.4) is 0 Å². The highest BCUT2D eigenvalue weighted by atomic mass is 32.1. The Bertz CT molecular complexity index is 550. The lowest BCUT2D eigenvalue weighted by molar-refractivity contribution is 0.0699. The van der Waals surface area contributed by atoms with Gasteiger partial charge >= 0.3 is 5.97 Å². The van der Waals surface area contributed by atoms with Crippen molar-refractivity contribution in [1.29, 1.82) is 0 Å². The smallest absolute Gasteiger partial charge is 0.338 e. The average Bonchev–Trinajstić information content (AvgIpc) is 2.63. The molecule has 2 aromatic heterocycles. The molecule has 0 unspecified atom stereocenters. The van der Waals surface area contributed by atoms with E-state index in [0.29, 0.717) is 22.5 Å². The molecule has 0 amide bonds. The summed E-state index contributed by atoms with van der Waals surface area (Å²) in [6.45, 7) is 0.398. The van der Waals surface area contributed by atoms with Crippen LogP contribution < -0.4 is 5.73 Å². The Morgan fingerprint density at radius 1 is 1.69 bits per heavy atom. The third-order valence-electron chi connectivity index (χ3n) is 2.23. The molecule has 3 N–H and O–H groups in total. The SMILES string of the molecule is COCc1csc2c(C(=O)O)cnc(N)c12. The van der Waals surface area contributed by atoms with Gasteiger partial charge in [0.2, 0.25) is 0 Å². The summed E-state index contributed by atoms with van der Waals surface area (Å²) in [6.07, 6.45) is 1.28. The molecule has 0 aliphatic heterocycles. The molecule has 0 aliphatic rings. The molecule has 0 fully saturated rings. The van der Waals surface area contributed by atoms with Crippen LogP contribution in [0.1, 0.15) is 15.9 Å². The van der Waals surface area contributed by atoms with Crippen molar-refractivity contribution in [3.63, 3.8) is 0 Å². The van der Waals surface area contributed by atoms with Crippen LogP contribution in [0.5, 0.6) is 0 Å². The minimum atomic E-state index is -0.997. The van der Waals surface area contributed by atoms with Gasteiger partial charge in [-0.15, -0.1) is 11.3 Å². The van der Waals surface area contributed by atoms with Crippen molar-refractivity contribution < 1.29 is 14.6 Å². The first kappa shape index (κ1) is 10.8. The molecule has 0 atom stereocenters. The van der Waals surface area contributed by atoms with Crippen LogP contribution in [0.15, 0.2) is 11.6 Å². The quantitative estimate of drug-likeness (QED) is 0.850. The number of nitrogen functional groups attached to an aromatic ring is 1. The van der Waals surface area contributed by atoms with E-state index >= 15 is 0 Å². The third-order valence-corrected chi connectivity index (χ3v) is 3.29. The lowest BCUT2D eigenvalue weighted by Gasteiger charge is -2.02. The molecule has 2 aromatic rings. The molecule has 5 nitrogen and oxygen atoms in total. The standard InChI is InChI=1S/C10H10N2O3S/c1-15-3-5-4-16-8-6(10(13)14)2-12-9(11)7(5)8/h2,4H,3H2,1H3,(H2,11,12)(H,13,14). The number of methoxy groups -OCH3 is 1. The van der Waals surface area contributed by atoms with Crippen molar-refractivity contribution in [2.75, 3.05) is 12.8 Å². The van der Waals surface area contributed by atoms with Crippen LogP contribution >= 0.6 is 11.3 Å². The van der Waals surface area contributed by atoms with Crippen LogP contribution in [0.4, 0.5) is 5.82 Å². The van der Waals surface area contributed by atoms with Gasteiger partial charge in [-0.05, 0) is 10.9 Å². The summed E-state index contributed by atoms with van der Waals surface area (Å²) in [5, 5.41) is 11.5. The Morgan fingerprint density at radius 2 is 2.44 bits per heavy atom. The molecule has 84 valence electrons.